The molecule has 0 radical (unpaired) electrons. The van der Waals surface area contributed by atoms with E-state index < -0.39 is 35.5 Å². The summed E-state index contributed by atoms with van der Waals surface area (Å²) in [5, 5.41) is 2.58. The van der Waals surface area contributed by atoms with Gasteiger partial charge in [0, 0.05) is 25.9 Å². The molecule has 0 saturated carbocycles. The number of rotatable bonds is 9. The Balaban J connectivity index is 1.94. The van der Waals surface area contributed by atoms with Crippen molar-refractivity contribution in [1.82, 2.24) is 10.3 Å². The van der Waals surface area contributed by atoms with Crippen LogP contribution in [0.1, 0.15) is 29.3 Å². The van der Waals surface area contributed by atoms with Crippen molar-refractivity contribution in [3.05, 3.63) is 89.2 Å². The number of hydrogen-bond acceptors (Lipinski definition) is 4. The second-order valence-electron chi connectivity index (χ2n) is 7.73. The van der Waals surface area contributed by atoms with E-state index in [-0.39, 0.29) is 6.54 Å². The summed E-state index contributed by atoms with van der Waals surface area (Å²) in [5.74, 6) is -1.13. The van der Waals surface area contributed by atoms with Crippen LogP contribution in [0.4, 0.5) is 27.6 Å². The van der Waals surface area contributed by atoms with Gasteiger partial charge in [0.1, 0.15) is 29.1 Å². The monoisotopic (exact) mass is 493 g/mol. The molecule has 1 aromatic heterocycles. The van der Waals surface area contributed by atoms with E-state index in [2.05, 4.69) is 10.3 Å². The van der Waals surface area contributed by atoms with Gasteiger partial charge in [-0.05, 0) is 54.3 Å². The molecule has 35 heavy (non-hydrogen) atoms. The van der Waals surface area contributed by atoms with Crippen molar-refractivity contribution in [2.45, 2.75) is 25.1 Å². The summed E-state index contributed by atoms with van der Waals surface area (Å²) in [7, 11) is 2.86. The van der Waals surface area contributed by atoms with Gasteiger partial charge in [-0.1, -0.05) is 18.2 Å². The number of nitrogens with zero attached hydrogens (tertiary/aromatic N) is 2. The average molecular weight is 493 g/mol. The molecule has 0 aliphatic rings. The Labute approximate surface area is 199 Å². The molecule has 0 aliphatic heterocycles. The Morgan fingerprint density at radius 2 is 1.74 bits per heavy atom. The largest absolute Gasteiger partial charge is 0.495 e. The maximum Gasteiger partial charge on any atom is 0.433 e. The molecule has 2 aromatic carbocycles. The fraction of sp³-hybridized carbons (Fsp3) is 0.280. The van der Waals surface area contributed by atoms with Gasteiger partial charge >= 0.3 is 6.18 Å². The molecule has 1 heterocycles. The predicted octanol–water partition coefficient (Wildman–Crippen LogP) is 5.31. The number of methoxy groups -OCH3 is 1. The quantitative estimate of drug-likeness (QED) is 0.411. The van der Waals surface area contributed by atoms with E-state index >= 15 is 0 Å². The number of alkyl halides is 3. The van der Waals surface area contributed by atoms with Gasteiger partial charge in [-0.15, -0.1) is 0 Å². The lowest BCUT2D eigenvalue weighted by atomic mass is 10.0. The molecule has 1 atom stereocenters. The van der Waals surface area contributed by atoms with Gasteiger partial charge in [-0.25, -0.2) is 8.78 Å². The highest BCUT2D eigenvalue weighted by molar-refractivity contribution is 5.87. The number of aromatic nitrogens is 1. The average Bonchev–Trinajstić information content (AvgIpc) is 2.84. The van der Waals surface area contributed by atoms with Crippen LogP contribution in [0, 0.1) is 11.6 Å². The lowest BCUT2D eigenvalue weighted by Crippen LogP contribution is -2.40. The zero-order chi connectivity index (χ0) is 25.6. The van der Waals surface area contributed by atoms with Gasteiger partial charge in [-0.2, -0.15) is 13.2 Å². The SMILES string of the molecule is CNC(=O)C(c1ccc(F)cc1)N(CCCc1ccc(C(F)(F)F)nc1)c1cc(F)ccc1OC. The van der Waals surface area contributed by atoms with Crippen molar-refractivity contribution in [3.63, 3.8) is 0 Å². The van der Waals surface area contributed by atoms with Crippen molar-refractivity contribution in [1.29, 1.82) is 0 Å². The lowest BCUT2D eigenvalue weighted by Gasteiger charge is -2.34. The van der Waals surface area contributed by atoms with Gasteiger partial charge in [-0.3, -0.25) is 9.78 Å². The molecular formula is C25H24F5N3O2. The van der Waals surface area contributed by atoms with Crippen LogP contribution in [0.2, 0.25) is 0 Å². The first-order valence-corrected chi connectivity index (χ1v) is 10.7. The summed E-state index contributed by atoms with van der Waals surface area (Å²) in [5.41, 5.74) is 0.357. The van der Waals surface area contributed by atoms with Crippen LogP contribution in [-0.2, 0) is 17.4 Å². The zero-order valence-corrected chi connectivity index (χ0v) is 19.1. The molecule has 0 saturated heterocycles. The highest BCUT2D eigenvalue weighted by Gasteiger charge is 2.32. The van der Waals surface area contributed by atoms with Crippen LogP contribution in [0.25, 0.3) is 0 Å². The van der Waals surface area contributed by atoms with Crippen LogP contribution >= 0.6 is 0 Å². The number of pyridine rings is 1. The molecule has 5 nitrogen and oxygen atoms in total. The van der Waals surface area contributed by atoms with E-state index in [1.807, 2.05) is 0 Å². The fourth-order valence-corrected chi connectivity index (χ4v) is 3.72. The molecular weight excluding hydrogens is 469 g/mol. The predicted molar refractivity (Wildman–Crippen MR) is 121 cm³/mol. The van der Waals surface area contributed by atoms with Crippen molar-refractivity contribution in [2.75, 3.05) is 25.6 Å². The smallest absolute Gasteiger partial charge is 0.433 e. The number of benzene rings is 2. The summed E-state index contributed by atoms with van der Waals surface area (Å²) in [6.07, 6.45) is -2.63. The Bertz CT molecular complexity index is 1140. The van der Waals surface area contributed by atoms with Crippen LogP contribution < -0.4 is 15.0 Å². The molecule has 3 rings (SSSR count). The van der Waals surface area contributed by atoms with Crippen molar-refractivity contribution in [3.8, 4) is 5.75 Å². The summed E-state index contributed by atoms with van der Waals surface area (Å²) >= 11 is 0. The van der Waals surface area contributed by atoms with Crippen LogP contribution in [-0.4, -0.2) is 31.6 Å². The van der Waals surface area contributed by atoms with Gasteiger partial charge in [0.25, 0.3) is 0 Å². The van der Waals surface area contributed by atoms with Crippen molar-refractivity contribution in [2.24, 2.45) is 0 Å². The second kappa shape index (κ2) is 11.2. The number of amides is 1. The van der Waals surface area contributed by atoms with Gasteiger partial charge in [0.15, 0.2) is 0 Å². The van der Waals surface area contributed by atoms with E-state index in [4.69, 9.17) is 4.74 Å². The molecule has 0 aliphatic carbocycles. The van der Waals surface area contributed by atoms with Gasteiger partial charge < -0.3 is 15.0 Å². The Morgan fingerprint density at radius 1 is 1.06 bits per heavy atom. The highest BCUT2D eigenvalue weighted by atomic mass is 19.4. The molecule has 0 spiro atoms. The number of aryl methyl sites for hydroxylation is 1. The minimum absolute atomic E-state index is 0.205. The topological polar surface area (TPSA) is 54.5 Å². The zero-order valence-electron chi connectivity index (χ0n) is 19.1. The second-order valence-corrected chi connectivity index (χ2v) is 7.73. The number of likely N-dealkylation sites (N-methyl/N-ethyl adjacent to an activating group) is 1. The number of hydrogen-bond donors (Lipinski definition) is 1. The Morgan fingerprint density at radius 3 is 2.31 bits per heavy atom. The third-order valence-electron chi connectivity index (χ3n) is 5.42. The van der Waals surface area contributed by atoms with Gasteiger partial charge in [0.05, 0.1) is 12.8 Å². The van der Waals surface area contributed by atoms with Crippen LogP contribution in [0.5, 0.6) is 5.75 Å². The number of carbonyl (C=O) groups is 1. The maximum atomic E-state index is 14.2. The minimum atomic E-state index is -4.53. The maximum absolute atomic E-state index is 14.2. The number of halogens is 5. The highest BCUT2D eigenvalue weighted by Crippen LogP contribution is 2.36. The number of ether oxygens (including phenoxy) is 1. The van der Waals surface area contributed by atoms with Crippen LogP contribution in [0.3, 0.4) is 0 Å². The standard InChI is InChI=1S/C25H24F5N3O2/c1-31-24(34)23(17-6-8-18(26)9-7-17)33(20-14-19(27)10-11-21(20)35-2)13-3-4-16-5-12-22(32-15-16)25(28,29)30/h5-12,14-15,23H,3-4,13H2,1-2H3,(H,31,34). The van der Waals surface area contributed by atoms with E-state index in [0.29, 0.717) is 35.4 Å². The fourth-order valence-electron chi connectivity index (χ4n) is 3.72. The first-order valence-electron chi connectivity index (χ1n) is 10.7. The molecule has 0 bridgehead atoms. The van der Waals surface area contributed by atoms with Crippen LogP contribution in [0.15, 0.2) is 60.8 Å². The van der Waals surface area contributed by atoms with E-state index in [9.17, 15) is 26.7 Å². The number of anilines is 1. The summed E-state index contributed by atoms with van der Waals surface area (Å²) in [6, 6.07) is 10.6. The summed E-state index contributed by atoms with van der Waals surface area (Å²) in [4.78, 5) is 18.1. The minimum Gasteiger partial charge on any atom is -0.495 e. The Kier molecular flexibility index (Phi) is 8.26. The van der Waals surface area contributed by atoms with E-state index in [0.717, 1.165) is 12.3 Å². The molecule has 1 N–H and O–H groups in total. The molecule has 3 aromatic rings. The first-order chi connectivity index (χ1) is 16.6. The van der Waals surface area contributed by atoms with Crippen molar-refractivity contribution < 1.29 is 31.5 Å². The molecule has 0 fully saturated rings. The molecule has 1 unspecified atom stereocenters. The van der Waals surface area contributed by atoms with Crippen molar-refractivity contribution >= 4 is 11.6 Å². The number of nitrogens with one attached hydrogen (secondary N) is 1. The molecule has 186 valence electrons. The molecule has 1 amide bonds. The third-order valence-corrected chi connectivity index (χ3v) is 5.42. The molecule has 10 heteroatoms. The third kappa shape index (κ3) is 6.46. The first kappa shape index (κ1) is 25.9. The Hall–Kier alpha value is -3.69. The summed E-state index contributed by atoms with van der Waals surface area (Å²) < 4.78 is 71.5. The summed E-state index contributed by atoms with van der Waals surface area (Å²) in [6.45, 7) is 0.205. The normalized spacial score (nSPS) is 12.2. The van der Waals surface area contributed by atoms with E-state index in [1.165, 1.54) is 62.7 Å². The van der Waals surface area contributed by atoms with E-state index in [1.54, 1.807) is 4.90 Å². The lowest BCUT2D eigenvalue weighted by molar-refractivity contribution is -0.141. The number of carbonyl (C=O) groups excluding carboxylic acids is 1. The van der Waals surface area contributed by atoms with Gasteiger partial charge in [0.2, 0.25) is 5.91 Å².